The number of amides is 1. The highest BCUT2D eigenvalue weighted by Crippen LogP contribution is 2.22. The van der Waals surface area contributed by atoms with Gasteiger partial charge >= 0.3 is 0 Å². The largest absolute Gasteiger partial charge is 0.320 e. The second kappa shape index (κ2) is 8.07. The molecule has 0 saturated carbocycles. The van der Waals surface area contributed by atoms with Crippen molar-refractivity contribution in [3.63, 3.8) is 0 Å². The van der Waals surface area contributed by atoms with E-state index >= 15 is 0 Å². The molecule has 1 unspecified atom stereocenters. The average Bonchev–Trinajstić information content (AvgIpc) is 2.88. The number of hydrogen-bond acceptors (Lipinski definition) is 5. The quantitative estimate of drug-likeness (QED) is 0.885. The fourth-order valence-corrected chi connectivity index (χ4v) is 2.43. The molecule has 0 aliphatic rings. The highest BCUT2D eigenvalue weighted by Gasteiger charge is 2.16. The fourth-order valence-electron chi connectivity index (χ4n) is 1.68. The summed E-state index contributed by atoms with van der Waals surface area (Å²) in [4.78, 5) is 12.0. The van der Waals surface area contributed by atoms with Crippen LogP contribution >= 0.6 is 23.7 Å². The van der Waals surface area contributed by atoms with Crippen molar-refractivity contribution < 1.29 is 4.79 Å². The molecule has 2 rings (SSSR count). The van der Waals surface area contributed by atoms with Crippen LogP contribution in [0.15, 0.2) is 30.3 Å². The van der Waals surface area contributed by atoms with E-state index < -0.39 is 6.04 Å². The standard InChI is InChI=1S/C14H18N4OS.ClH/c1-9(2)13-17-18-14(20-13)16-12(19)11(15)8-10-6-4-3-5-7-10;/h3-7,9,11H,8,15H2,1-2H3,(H,16,18,19);1H. The van der Waals surface area contributed by atoms with Gasteiger partial charge in [0.15, 0.2) is 0 Å². The van der Waals surface area contributed by atoms with Gasteiger partial charge < -0.3 is 5.73 Å². The van der Waals surface area contributed by atoms with Crippen LogP contribution in [0.4, 0.5) is 5.13 Å². The maximum Gasteiger partial charge on any atom is 0.243 e. The van der Waals surface area contributed by atoms with Gasteiger partial charge in [-0.3, -0.25) is 10.1 Å². The topological polar surface area (TPSA) is 80.9 Å². The molecule has 1 atom stereocenters. The van der Waals surface area contributed by atoms with Crippen LogP contribution in [0.5, 0.6) is 0 Å². The molecule has 0 aliphatic heterocycles. The summed E-state index contributed by atoms with van der Waals surface area (Å²) in [5, 5.41) is 12.1. The Labute approximate surface area is 134 Å². The van der Waals surface area contributed by atoms with Crippen LogP contribution in [0.1, 0.15) is 30.3 Å². The van der Waals surface area contributed by atoms with Crippen molar-refractivity contribution in [2.45, 2.75) is 32.2 Å². The summed E-state index contributed by atoms with van der Waals surface area (Å²) in [7, 11) is 0. The Morgan fingerprint density at radius 1 is 1.29 bits per heavy atom. The smallest absolute Gasteiger partial charge is 0.243 e. The van der Waals surface area contributed by atoms with Crippen molar-refractivity contribution in [1.82, 2.24) is 10.2 Å². The summed E-state index contributed by atoms with van der Waals surface area (Å²) >= 11 is 1.38. The highest BCUT2D eigenvalue weighted by molar-refractivity contribution is 7.15. The Morgan fingerprint density at radius 3 is 2.52 bits per heavy atom. The van der Waals surface area contributed by atoms with Crippen molar-refractivity contribution in [3.8, 4) is 0 Å². The molecule has 1 aromatic carbocycles. The molecule has 114 valence electrons. The van der Waals surface area contributed by atoms with Crippen LogP contribution in [-0.4, -0.2) is 22.1 Å². The van der Waals surface area contributed by atoms with Crippen molar-refractivity contribution in [2.75, 3.05) is 5.32 Å². The van der Waals surface area contributed by atoms with E-state index in [1.54, 1.807) is 0 Å². The number of nitrogens with two attached hydrogens (primary N) is 1. The highest BCUT2D eigenvalue weighted by atomic mass is 35.5. The molecule has 7 heteroatoms. The Morgan fingerprint density at radius 2 is 1.95 bits per heavy atom. The van der Waals surface area contributed by atoms with Gasteiger partial charge in [-0.2, -0.15) is 0 Å². The lowest BCUT2D eigenvalue weighted by molar-refractivity contribution is -0.117. The third kappa shape index (κ3) is 5.08. The van der Waals surface area contributed by atoms with Crippen molar-refractivity contribution in [3.05, 3.63) is 40.9 Å². The third-order valence-electron chi connectivity index (χ3n) is 2.80. The molecule has 1 heterocycles. The Balaban J connectivity index is 0.00000220. The van der Waals surface area contributed by atoms with Crippen molar-refractivity contribution in [2.24, 2.45) is 5.73 Å². The molecular weight excluding hydrogens is 308 g/mol. The number of carbonyl (C=O) groups is 1. The molecule has 1 aromatic heterocycles. The minimum absolute atomic E-state index is 0. The average molecular weight is 327 g/mol. The van der Waals surface area contributed by atoms with E-state index in [4.69, 9.17) is 5.73 Å². The van der Waals surface area contributed by atoms with Gasteiger partial charge in [0.2, 0.25) is 11.0 Å². The first-order valence-corrected chi connectivity index (χ1v) is 7.31. The second-order valence-corrected chi connectivity index (χ2v) is 5.89. The monoisotopic (exact) mass is 326 g/mol. The summed E-state index contributed by atoms with van der Waals surface area (Å²) in [6.07, 6.45) is 0.502. The van der Waals surface area contributed by atoms with Crippen LogP contribution in [0, 0.1) is 0 Å². The number of hydrogen-bond donors (Lipinski definition) is 2. The molecule has 21 heavy (non-hydrogen) atoms. The lowest BCUT2D eigenvalue weighted by Gasteiger charge is -2.10. The molecule has 0 fully saturated rings. The summed E-state index contributed by atoms with van der Waals surface area (Å²) < 4.78 is 0. The molecule has 0 aliphatic carbocycles. The number of aromatic nitrogens is 2. The van der Waals surface area contributed by atoms with E-state index in [0.29, 0.717) is 17.5 Å². The number of nitrogens with one attached hydrogen (secondary N) is 1. The van der Waals surface area contributed by atoms with E-state index in [1.807, 2.05) is 44.2 Å². The molecule has 0 saturated heterocycles. The van der Waals surface area contributed by atoms with E-state index in [1.165, 1.54) is 11.3 Å². The number of carbonyl (C=O) groups excluding carboxylic acids is 1. The third-order valence-corrected chi connectivity index (χ3v) is 3.94. The lowest BCUT2D eigenvalue weighted by Crippen LogP contribution is -2.37. The minimum atomic E-state index is -0.594. The van der Waals surface area contributed by atoms with Crippen LogP contribution in [-0.2, 0) is 11.2 Å². The predicted octanol–water partition coefficient (Wildman–Crippen LogP) is 2.59. The molecular formula is C14H19ClN4OS. The Kier molecular flexibility index (Phi) is 6.74. The number of nitrogens with zero attached hydrogens (tertiary/aromatic N) is 2. The Bertz CT molecular complexity index is 573. The minimum Gasteiger partial charge on any atom is -0.320 e. The van der Waals surface area contributed by atoms with Gasteiger partial charge in [-0.25, -0.2) is 0 Å². The molecule has 0 bridgehead atoms. The lowest BCUT2D eigenvalue weighted by atomic mass is 10.1. The normalized spacial score (nSPS) is 11.8. The zero-order valence-corrected chi connectivity index (χ0v) is 13.6. The van der Waals surface area contributed by atoms with E-state index in [0.717, 1.165) is 10.6 Å². The first kappa shape index (κ1) is 17.6. The molecule has 0 radical (unpaired) electrons. The number of rotatable bonds is 5. The van der Waals surface area contributed by atoms with Crippen LogP contribution < -0.4 is 11.1 Å². The second-order valence-electron chi connectivity index (χ2n) is 4.89. The van der Waals surface area contributed by atoms with E-state index in [9.17, 15) is 4.79 Å². The summed E-state index contributed by atoms with van der Waals surface area (Å²) in [5.41, 5.74) is 6.95. The zero-order valence-electron chi connectivity index (χ0n) is 11.9. The summed E-state index contributed by atoms with van der Waals surface area (Å²) in [6.45, 7) is 4.07. The molecule has 1 amide bonds. The van der Waals surface area contributed by atoms with Gasteiger partial charge in [0.05, 0.1) is 6.04 Å². The van der Waals surface area contributed by atoms with Gasteiger partial charge in [0, 0.05) is 5.92 Å². The van der Waals surface area contributed by atoms with Gasteiger partial charge in [-0.15, -0.1) is 22.6 Å². The Hall–Kier alpha value is -1.50. The van der Waals surface area contributed by atoms with E-state index in [-0.39, 0.29) is 18.3 Å². The molecule has 3 N–H and O–H groups in total. The van der Waals surface area contributed by atoms with Crippen LogP contribution in [0.3, 0.4) is 0 Å². The maximum atomic E-state index is 12.0. The molecule has 2 aromatic rings. The molecule has 5 nitrogen and oxygen atoms in total. The van der Waals surface area contributed by atoms with Crippen LogP contribution in [0.2, 0.25) is 0 Å². The predicted molar refractivity (Wildman–Crippen MR) is 88.0 cm³/mol. The van der Waals surface area contributed by atoms with Gasteiger partial charge in [0.25, 0.3) is 0 Å². The SMILES string of the molecule is CC(C)c1nnc(NC(=O)C(N)Cc2ccccc2)s1.Cl. The molecule has 0 spiro atoms. The number of anilines is 1. The summed E-state index contributed by atoms with van der Waals surface area (Å²) in [5.74, 6) is 0.0662. The van der Waals surface area contributed by atoms with Gasteiger partial charge in [-0.05, 0) is 12.0 Å². The first-order chi connectivity index (χ1) is 9.56. The van der Waals surface area contributed by atoms with Gasteiger partial charge in [-0.1, -0.05) is 55.5 Å². The fraction of sp³-hybridized carbons (Fsp3) is 0.357. The van der Waals surface area contributed by atoms with E-state index in [2.05, 4.69) is 15.5 Å². The van der Waals surface area contributed by atoms with Crippen molar-refractivity contribution in [1.29, 1.82) is 0 Å². The number of halogens is 1. The van der Waals surface area contributed by atoms with Gasteiger partial charge in [0.1, 0.15) is 5.01 Å². The maximum absolute atomic E-state index is 12.0. The first-order valence-electron chi connectivity index (χ1n) is 6.50. The number of benzene rings is 1. The van der Waals surface area contributed by atoms with Crippen LogP contribution in [0.25, 0.3) is 0 Å². The summed E-state index contributed by atoms with van der Waals surface area (Å²) in [6, 6.07) is 9.11. The zero-order chi connectivity index (χ0) is 14.5. The van der Waals surface area contributed by atoms with Crippen molar-refractivity contribution >= 4 is 34.8 Å².